The van der Waals surface area contributed by atoms with Crippen molar-refractivity contribution in [3.05, 3.63) is 80.8 Å². The second-order valence-corrected chi connectivity index (χ2v) is 8.48. The highest BCUT2D eigenvalue weighted by Crippen LogP contribution is 2.29. The second-order valence-electron chi connectivity index (χ2n) is 5.98. The summed E-state index contributed by atoms with van der Waals surface area (Å²) in [4.78, 5) is 17.6. The third-order valence-corrected chi connectivity index (χ3v) is 6.22. The first-order chi connectivity index (χ1) is 13.8. The van der Waals surface area contributed by atoms with E-state index in [1.807, 2.05) is 6.92 Å². The van der Waals surface area contributed by atoms with Crippen LogP contribution in [0.4, 0.5) is 10.1 Å². The largest absolute Gasteiger partial charge is 0.496 e. The van der Waals surface area contributed by atoms with Crippen LogP contribution in [0.5, 0.6) is 5.75 Å². The number of anilines is 1. The van der Waals surface area contributed by atoms with Gasteiger partial charge in [-0.05, 0) is 48.9 Å². The molecule has 1 unspecified atom stereocenters. The molecule has 150 valence electrons. The minimum Gasteiger partial charge on any atom is -0.496 e. The van der Waals surface area contributed by atoms with Crippen molar-refractivity contribution >= 4 is 50.0 Å². The Bertz CT molecular complexity index is 1130. The molecule has 0 aliphatic carbocycles. The predicted octanol–water partition coefficient (Wildman–Crippen LogP) is 5.32. The van der Waals surface area contributed by atoms with E-state index in [1.165, 1.54) is 31.5 Å². The maximum absolute atomic E-state index is 14.4. The average Bonchev–Trinajstić information content (AvgIpc) is 2.69. The fraction of sp³-hybridized carbons (Fsp3) is 0.100. The lowest BCUT2D eigenvalue weighted by atomic mass is 10.0. The van der Waals surface area contributed by atoms with Gasteiger partial charge in [-0.25, -0.2) is 13.6 Å². The van der Waals surface area contributed by atoms with Crippen LogP contribution in [0.25, 0.3) is 0 Å². The molecule has 0 saturated heterocycles. The Kier molecular flexibility index (Phi) is 6.66. The summed E-state index contributed by atoms with van der Waals surface area (Å²) < 4.78 is 35.9. The van der Waals surface area contributed by atoms with Gasteiger partial charge in [0.25, 0.3) is 0 Å². The number of hydrogen-bond donors (Lipinski definition) is 1. The number of carbonyl (C=O) groups excluding carboxylic acids is 1. The van der Waals surface area contributed by atoms with Gasteiger partial charge in [0.2, 0.25) is 5.78 Å². The van der Waals surface area contributed by atoms with Crippen molar-refractivity contribution in [1.82, 2.24) is 4.98 Å². The SMILES string of the molecule is COc1cccc(F)c1C(=O)c1ncc(Cl)cc1NS(=O)c1ccc(Br)c(C)c1. The minimum atomic E-state index is -1.70. The number of hydrogen-bond acceptors (Lipinski definition) is 4. The molecule has 1 N–H and O–H groups in total. The van der Waals surface area contributed by atoms with Crippen LogP contribution in [0.15, 0.2) is 58.0 Å². The van der Waals surface area contributed by atoms with E-state index in [2.05, 4.69) is 25.6 Å². The first-order valence-electron chi connectivity index (χ1n) is 8.29. The third kappa shape index (κ3) is 4.66. The van der Waals surface area contributed by atoms with E-state index < -0.39 is 22.6 Å². The van der Waals surface area contributed by atoms with Gasteiger partial charge in [-0.3, -0.25) is 9.52 Å². The van der Waals surface area contributed by atoms with Gasteiger partial charge in [0, 0.05) is 10.7 Å². The minimum absolute atomic E-state index is 0.0716. The molecule has 1 aromatic heterocycles. The predicted molar refractivity (Wildman–Crippen MR) is 115 cm³/mol. The molecule has 5 nitrogen and oxygen atoms in total. The molecule has 3 rings (SSSR count). The maximum Gasteiger partial charge on any atom is 0.220 e. The second kappa shape index (κ2) is 9.02. The van der Waals surface area contributed by atoms with Gasteiger partial charge in [0.05, 0.1) is 22.7 Å². The van der Waals surface area contributed by atoms with Crippen molar-refractivity contribution in [2.75, 3.05) is 11.8 Å². The Hall–Kier alpha value is -2.29. The molecule has 3 aromatic rings. The van der Waals surface area contributed by atoms with Crippen LogP contribution in [-0.4, -0.2) is 22.1 Å². The molecule has 1 atom stereocenters. The van der Waals surface area contributed by atoms with Crippen LogP contribution < -0.4 is 9.46 Å². The summed E-state index contributed by atoms with van der Waals surface area (Å²) in [5.41, 5.74) is 0.624. The summed E-state index contributed by atoms with van der Waals surface area (Å²) in [7, 11) is -0.365. The van der Waals surface area contributed by atoms with Gasteiger partial charge < -0.3 is 4.74 Å². The Morgan fingerprint density at radius 3 is 2.72 bits per heavy atom. The lowest BCUT2D eigenvalue weighted by Crippen LogP contribution is -2.14. The summed E-state index contributed by atoms with van der Waals surface area (Å²) in [6, 6.07) is 10.7. The number of pyridine rings is 1. The summed E-state index contributed by atoms with van der Waals surface area (Å²) in [6.45, 7) is 1.87. The number of rotatable bonds is 6. The van der Waals surface area contributed by atoms with Gasteiger partial charge in [-0.15, -0.1) is 0 Å². The smallest absolute Gasteiger partial charge is 0.220 e. The molecule has 0 bridgehead atoms. The first kappa shape index (κ1) is 21.4. The van der Waals surface area contributed by atoms with Gasteiger partial charge in [0.1, 0.15) is 33.8 Å². The molecule has 0 saturated carbocycles. The van der Waals surface area contributed by atoms with Crippen LogP contribution in [0.3, 0.4) is 0 Å². The van der Waals surface area contributed by atoms with Crippen molar-refractivity contribution in [3.8, 4) is 5.75 Å². The zero-order chi connectivity index (χ0) is 21.1. The molecular formula is C20H15BrClFN2O3S. The average molecular weight is 498 g/mol. The highest BCUT2D eigenvalue weighted by Gasteiger charge is 2.24. The van der Waals surface area contributed by atoms with Crippen LogP contribution in [0.1, 0.15) is 21.6 Å². The van der Waals surface area contributed by atoms with Crippen molar-refractivity contribution in [3.63, 3.8) is 0 Å². The van der Waals surface area contributed by atoms with E-state index in [0.717, 1.165) is 16.1 Å². The Balaban J connectivity index is 2.01. The van der Waals surface area contributed by atoms with Crippen molar-refractivity contribution < 1.29 is 18.1 Å². The Labute approximate surface area is 183 Å². The van der Waals surface area contributed by atoms with E-state index >= 15 is 0 Å². The Morgan fingerprint density at radius 2 is 2.03 bits per heavy atom. The molecule has 29 heavy (non-hydrogen) atoms. The molecule has 0 aliphatic rings. The lowest BCUT2D eigenvalue weighted by Gasteiger charge is -2.13. The van der Waals surface area contributed by atoms with E-state index in [-0.39, 0.29) is 27.7 Å². The summed E-state index contributed by atoms with van der Waals surface area (Å²) in [5.74, 6) is -1.40. The lowest BCUT2D eigenvalue weighted by molar-refractivity contribution is 0.102. The van der Waals surface area contributed by atoms with Crippen molar-refractivity contribution in [2.24, 2.45) is 0 Å². The summed E-state index contributed by atoms with van der Waals surface area (Å²) >= 11 is 9.41. The number of ketones is 1. The van der Waals surface area contributed by atoms with E-state index in [4.69, 9.17) is 16.3 Å². The standard InChI is InChI=1S/C20H15BrClFN2O3S/c1-11-8-13(6-7-14(11)21)29(27)25-16-9-12(22)10-24-19(16)20(26)18-15(23)4-3-5-17(18)28-2/h3-10,25H,1-2H3. The number of nitrogens with one attached hydrogen (secondary N) is 1. The third-order valence-electron chi connectivity index (χ3n) is 4.04. The van der Waals surface area contributed by atoms with Crippen molar-refractivity contribution in [2.45, 2.75) is 11.8 Å². The topological polar surface area (TPSA) is 68.3 Å². The number of aryl methyl sites for hydroxylation is 1. The number of aromatic nitrogens is 1. The zero-order valence-electron chi connectivity index (χ0n) is 15.3. The van der Waals surface area contributed by atoms with Crippen LogP contribution >= 0.6 is 27.5 Å². The van der Waals surface area contributed by atoms with Crippen LogP contribution in [-0.2, 0) is 11.0 Å². The summed E-state index contributed by atoms with van der Waals surface area (Å²) in [6.07, 6.45) is 1.26. The number of halogens is 3. The zero-order valence-corrected chi connectivity index (χ0v) is 18.5. The number of benzene rings is 2. The van der Waals surface area contributed by atoms with Gasteiger partial charge in [-0.1, -0.05) is 33.6 Å². The monoisotopic (exact) mass is 496 g/mol. The Morgan fingerprint density at radius 1 is 1.28 bits per heavy atom. The molecule has 0 spiro atoms. The number of ether oxygens (including phenoxy) is 1. The van der Waals surface area contributed by atoms with Gasteiger partial charge in [0.15, 0.2) is 0 Å². The number of methoxy groups -OCH3 is 1. The molecule has 2 aromatic carbocycles. The molecule has 0 aliphatic heterocycles. The normalized spacial score (nSPS) is 11.8. The quantitative estimate of drug-likeness (QED) is 0.468. The van der Waals surface area contributed by atoms with Crippen molar-refractivity contribution in [1.29, 1.82) is 0 Å². The molecule has 9 heteroatoms. The fourth-order valence-electron chi connectivity index (χ4n) is 2.60. The van der Waals surface area contributed by atoms with Gasteiger partial charge >= 0.3 is 0 Å². The van der Waals surface area contributed by atoms with E-state index in [1.54, 1.807) is 18.2 Å². The highest BCUT2D eigenvalue weighted by molar-refractivity contribution is 9.10. The fourth-order valence-corrected chi connectivity index (χ4v) is 3.96. The number of nitrogens with zero attached hydrogens (tertiary/aromatic N) is 1. The van der Waals surface area contributed by atoms with Crippen LogP contribution in [0.2, 0.25) is 5.02 Å². The molecule has 0 radical (unpaired) electrons. The number of carbonyl (C=O) groups is 1. The molecule has 0 amide bonds. The first-order valence-corrected chi connectivity index (χ1v) is 10.6. The highest BCUT2D eigenvalue weighted by atomic mass is 79.9. The molecule has 1 heterocycles. The summed E-state index contributed by atoms with van der Waals surface area (Å²) in [5, 5.41) is 0.230. The molecule has 0 fully saturated rings. The van der Waals surface area contributed by atoms with Crippen LogP contribution in [0, 0.1) is 12.7 Å². The van der Waals surface area contributed by atoms with E-state index in [0.29, 0.717) is 4.90 Å². The maximum atomic E-state index is 14.4. The van der Waals surface area contributed by atoms with E-state index in [9.17, 15) is 13.4 Å². The molecular weight excluding hydrogens is 483 g/mol. The van der Waals surface area contributed by atoms with Gasteiger partial charge in [-0.2, -0.15) is 0 Å².